The normalized spacial score (nSPS) is 15.3. The minimum Gasteiger partial charge on any atom is -0.454 e. The topological polar surface area (TPSA) is 44.5 Å². The van der Waals surface area contributed by atoms with E-state index in [4.69, 9.17) is 26.8 Å². The molecule has 0 spiro atoms. The molecule has 74 valence electrons. The number of hydrogen-bond donors (Lipinski definition) is 1. The van der Waals surface area contributed by atoms with Crippen LogP contribution in [0.2, 0.25) is 5.02 Å². The maximum atomic E-state index is 6.02. The summed E-state index contributed by atoms with van der Waals surface area (Å²) < 4.78 is 10.4. The van der Waals surface area contributed by atoms with Gasteiger partial charge in [-0.15, -0.1) is 6.58 Å². The lowest BCUT2D eigenvalue weighted by Crippen LogP contribution is -2.06. The fourth-order valence-corrected chi connectivity index (χ4v) is 1.59. The molecular formula is C10H10ClNO2. The van der Waals surface area contributed by atoms with Crippen molar-refractivity contribution >= 4 is 11.6 Å². The summed E-state index contributed by atoms with van der Waals surface area (Å²) in [6, 6.07) is 3.22. The zero-order valence-electron chi connectivity index (χ0n) is 7.50. The van der Waals surface area contributed by atoms with E-state index in [2.05, 4.69) is 6.58 Å². The Morgan fingerprint density at radius 1 is 1.43 bits per heavy atom. The van der Waals surface area contributed by atoms with Crippen LogP contribution in [0.15, 0.2) is 24.8 Å². The van der Waals surface area contributed by atoms with E-state index in [0.717, 1.165) is 5.56 Å². The first kappa shape index (κ1) is 9.37. The zero-order valence-corrected chi connectivity index (χ0v) is 8.25. The summed E-state index contributed by atoms with van der Waals surface area (Å²) in [6.07, 6.45) is 1.63. The summed E-state index contributed by atoms with van der Waals surface area (Å²) in [6.45, 7) is 3.85. The summed E-state index contributed by atoms with van der Waals surface area (Å²) in [5.74, 6) is 1.34. The second-order valence-corrected chi connectivity index (χ2v) is 3.40. The molecule has 1 aliphatic heterocycles. The second-order valence-electron chi connectivity index (χ2n) is 2.99. The van der Waals surface area contributed by atoms with Gasteiger partial charge in [0, 0.05) is 17.1 Å². The molecule has 0 bridgehead atoms. The third-order valence-corrected chi connectivity index (χ3v) is 2.43. The van der Waals surface area contributed by atoms with Crippen molar-refractivity contribution in [1.29, 1.82) is 0 Å². The summed E-state index contributed by atoms with van der Waals surface area (Å²) in [7, 11) is 0. The summed E-state index contributed by atoms with van der Waals surface area (Å²) in [4.78, 5) is 0. The third kappa shape index (κ3) is 1.45. The minimum atomic E-state index is -0.281. The highest BCUT2D eigenvalue weighted by molar-refractivity contribution is 6.31. The number of halogens is 1. The van der Waals surface area contributed by atoms with Gasteiger partial charge < -0.3 is 15.2 Å². The van der Waals surface area contributed by atoms with Crippen molar-refractivity contribution in [3.8, 4) is 11.5 Å². The summed E-state index contributed by atoms with van der Waals surface area (Å²) in [5, 5.41) is 0.571. The van der Waals surface area contributed by atoms with Gasteiger partial charge in [0.1, 0.15) is 0 Å². The van der Waals surface area contributed by atoms with Gasteiger partial charge in [-0.1, -0.05) is 17.7 Å². The minimum absolute atomic E-state index is 0.235. The van der Waals surface area contributed by atoms with Crippen LogP contribution >= 0.6 is 11.6 Å². The van der Waals surface area contributed by atoms with Crippen LogP contribution in [-0.2, 0) is 0 Å². The van der Waals surface area contributed by atoms with Gasteiger partial charge in [0.05, 0.1) is 0 Å². The molecule has 1 heterocycles. The number of benzene rings is 1. The van der Waals surface area contributed by atoms with Gasteiger partial charge in [-0.3, -0.25) is 0 Å². The van der Waals surface area contributed by atoms with E-state index in [9.17, 15) is 0 Å². The van der Waals surface area contributed by atoms with Gasteiger partial charge in [0.25, 0.3) is 0 Å². The molecule has 1 atom stereocenters. The monoisotopic (exact) mass is 211 g/mol. The van der Waals surface area contributed by atoms with Gasteiger partial charge in [-0.05, 0) is 11.6 Å². The molecule has 2 rings (SSSR count). The molecule has 1 aliphatic rings. The van der Waals surface area contributed by atoms with Crippen LogP contribution in [-0.4, -0.2) is 6.79 Å². The maximum Gasteiger partial charge on any atom is 0.231 e. The maximum absolute atomic E-state index is 6.02. The van der Waals surface area contributed by atoms with Crippen LogP contribution in [0.3, 0.4) is 0 Å². The van der Waals surface area contributed by atoms with Crippen LogP contribution in [0.1, 0.15) is 11.6 Å². The van der Waals surface area contributed by atoms with E-state index >= 15 is 0 Å². The molecule has 0 radical (unpaired) electrons. The van der Waals surface area contributed by atoms with Crippen molar-refractivity contribution in [2.45, 2.75) is 6.04 Å². The van der Waals surface area contributed by atoms with Crippen molar-refractivity contribution in [2.24, 2.45) is 5.73 Å². The molecule has 0 aliphatic carbocycles. The van der Waals surface area contributed by atoms with Crippen molar-refractivity contribution < 1.29 is 9.47 Å². The predicted molar refractivity (Wildman–Crippen MR) is 54.7 cm³/mol. The van der Waals surface area contributed by atoms with E-state index in [-0.39, 0.29) is 12.8 Å². The van der Waals surface area contributed by atoms with E-state index in [1.54, 1.807) is 18.2 Å². The van der Waals surface area contributed by atoms with Gasteiger partial charge in [0.2, 0.25) is 6.79 Å². The van der Waals surface area contributed by atoms with Crippen LogP contribution in [0.25, 0.3) is 0 Å². The van der Waals surface area contributed by atoms with Crippen LogP contribution in [0.4, 0.5) is 0 Å². The predicted octanol–water partition coefficient (Wildman–Crippen LogP) is 2.25. The Balaban J connectivity index is 2.47. The van der Waals surface area contributed by atoms with Gasteiger partial charge in [-0.2, -0.15) is 0 Å². The molecule has 0 aromatic heterocycles. The first-order valence-electron chi connectivity index (χ1n) is 4.19. The Morgan fingerprint density at radius 2 is 2.07 bits per heavy atom. The SMILES string of the molecule is C=C[C@@H](N)c1cc2c(cc1Cl)OCO2. The molecule has 0 saturated carbocycles. The van der Waals surface area contributed by atoms with Crippen molar-refractivity contribution in [1.82, 2.24) is 0 Å². The average molecular weight is 212 g/mol. The third-order valence-electron chi connectivity index (χ3n) is 2.10. The fourth-order valence-electron chi connectivity index (χ4n) is 1.32. The zero-order chi connectivity index (χ0) is 10.1. The number of hydrogen-bond acceptors (Lipinski definition) is 3. The van der Waals surface area contributed by atoms with Gasteiger partial charge in [-0.25, -0.2) is 0 Å². The molecule has 2 N–H and O–H groups in total. The van der Waals surface area contributed by atoms with E-state index in [1.807, 2.05) is 0 Å². The quantitative estimate of drug-likeness (QED) is 0.764. The van der Waals surface area contributed by atoms with Crippen LogP contribution < -0.4 is 15.2 Å². The van der Waals surface area contributed by atoms with Gasteiger partial charge in [0.15, 0.2) is 11.5 Å². The Morgan fingerprint density at radius 3 is 2.71 bits per heavy atom. The Hall–Kier alpha value is -1.19. The van der Waals surface area contributed by atoms with Crippen molar-refractivity contribution in [3.63, 3.8) is 0 Å². The van der Waals surface area contributed by atoms with Crippen LogP contribution in [0, 0.1) is 0 Å². The molecule has 4 heteroatoms. The molecule has 0 amide bonds. The first-order valence-corrected chi connectivity index (χ1v) is 4.57. The molecule has 1 aromatic carbocycles. The number of nitrogens with two attached hydrogens (primary N) is 1. The van der Waals surface area contributed by atoms with E-state index < -0.39 is 0 Å². The van der Waals surface area contributed by atoms with Crippen molar-refractivity contribution in [2.75, 3.05) is 6.79 Å². The lowest BCUT2D eigenvalue weighted by atomic mass is 10.1. The smallest absolute Gasteiger partial charge is 0.231 e. The highest BCUT2D eigenvalue weighted by Gasteiger charge is 2.18. The fraction of sp³-hybridized carbons (Fsp3) is 0.200. The number of rotatable bonds is 2. The molecule has 0 fully saturated rings. The summed E-state index contributed by atoms with van der Waals surface area (Å²) >= 11 is 6.02. The largest absolute Gasteiger partial charge is 0.454 e. The van der Waals surface area contributed by atoms with E-state index in [0.29, 0.717) is 16.5 Å². The lowest BCUT2D eigenvalue weighted by Gasteiger charge is -2.09. The lowest BCUT2D eigenvalue weighted by molar-refractivity contribution is 0.174. The molecule has 1 aromatic rings. The molecule has 0 saturated heterocycles. The highest BCUT2D eigenvalue weighted by Crippen LogP contribution is 2.38. The Bertz CT molecular complexity index is 379. The molecule has 14 heavy (non-hydrogen) atoms. The highest BCUT2D eigenvalue weighted by atomic mass is 35.5. The van der Waals surface area contributed by atoms with Gasteiger partial charge >= 0.3 is 0 Å². The Labute approximate surface area is 87.1 Å². The number of fused-ring (bicyclic) bond motifs is 1. The molecule has 0 unspecified atom stereocenters. The molecular weight excluding hydrogens is 202 g/mol. The standard InChI is InChI=1S/C10H10ClNO2/c1-2-8(12)6-3-9-10(4-7(6)11)14-5-13-9/h2-4,8H,1,5,12H2/t8-/m1/s1. The Kier molecular flexibility index (Phi) is 2.35. The summed E-state index contributed by atoms with van der Waals surface area (Å²) in [5.41, 5.74) is 6.59. The average Bonchev–Trinajstić information content (AvgIpc) is 2.62. The first-order chi connectivity index (χ1) is 6.72. The second kappa shape index (κ2) is 3.52. The van der Waals surface area contributed by atoms with Crippen LogP contribution in [0.5, 0.6) is 11.5 Å². The van der Waals surface area contributed by atoms with E-state index in [1.165, 1.54) is 0 Å². The number of ether oxygens (including phenoxy) is 2. The molecule has 3 nitrogen and oxygen atoms in total. The van der Waals surface area contributed by atoms with Crippen molar-refractivity contribution in [3.05, 3.63) is 35.4 Å².